The molecule has 0 atom stereocenters. The Hall–Kier alpha value is -1.76. The number of ether oxygens (including phenoxy) is 3. The second kappa shape index (κ2) is 5.26. The third-order valence-electron chi connectivity index (χ3n) is 2.34. The number of halogens is 1. The van der Waals surface area contributed by atoms with Crippen LogP contribution in [-0.4, -0.2) is 31.5 Å². The maximum atomic E-state index is 5.33. The number of methoxy groups -OCH3 is 3. The lowest BCUT2D eigenvalue weighted by Crippen LogP contribution is -1.96. The minimum absolute atomic E-state index is 0.333. The van der Waals surface area contributed by atoms with Gasteiger partial charge < -0.3 is 18.7 Å². The lowest BCUT2D eigenvalue weighted by molar-refractivity contribution is 0.324. The lowest BCUT2D eigenvalue weighted by Gasteiger charge is -2.13. The van der Waals surface area contributed by atoms with E-state index in [1.165, 1.54) is 14.2 Å². The monoisotopic (exact) mass is 314 g/mol. The van der Waals surface area contributed by atoms with Crippen LogP contribution in [0.1, 0.15) is 0 Å². The highest BCUT2D eigenvalue weighted by Gasteiger charge is 2.20. The van der Waals surface area contributed by atoms with Gasteiger partial charge in [0.1, 0.15) is 0 Å². The Morgan fingerprint density at radius 1 is 1.06 bits per heavy atom. The van der Waals surface area contributed by atoms with Gasteiger partial charge in [0.05, 0.1) is 26.9 Å². The van der Waals surface area contributed by atoms with Crippen LogP contribution in [0.3, 0.4) is 0 Å². The van der Waals surface area contributed by atoms with Crippen molar-refractivity contribution in [2.75, 3.05) is 21.3 Å². The number of benzene rings is 1. The highest BCUT2D eigenvalue weighted by atomic mass is 79.9. The van der Waals surface area contributed by atoms with Gasteiger partial charge in [0.25, 0.3) is 5.89 Å². The largest absolute Gasteiger partial charge is 0.493 e. The van der Waals surface area contributed by atoms with Gasteiger partial charge in [0.15, 0.2) is 11.5 Å². The van der Waals surface area contributed by atoms with E-state index in [4.69, 9.17) is 18.7 Å². The van der Waals surface area contributed by atoms with E-state index in [1.54, 1.807) is 19.2 Å². The van der Waals surface area contributed by atoms with Gasteiger partial charge in [-0.05, 0) is 33.2 Å². The van der Waals surface area contributed by atoms with Crippen molar-refractivity contribution in [3.63, 3.8) is 0 Å². The van der Waals surface area contributed by atoms with E-state index in [0.29, 0.717) is 33.4 Å². The molecule has 0 saturated carbocycles. The summed E-state index contributed by atoms with van der Waals surface area (Å²) in [6.45, 7) is 0. The van der Waals surface area contributed by atoms with Crippen LogP contribution in [0.4, 0.5) is 0 Å². The second-order valence-electron chi connectivity index (χ2n) is 3.25. The predicted octanol–water partition coefficient (Wildman–Crippen LogP) is 2.52. The first-order valence-corrected chi connectivity index (χ1v) is 5.79. The van der Waals surface area contributed by atoms with E-state index in [0.717, 1.165) is 0 Å². The normalized spacial score (nSPS) is 10.2. The highest BCUT2D eigenvalue weighted by molar-refractivity contribution is 9.10. The summed E-state index contributed by atoms with van der Waals surface area (Å²) >= 11 is 3.13. The third kappa shape index (κ3) is 2.13. The minimum Gasteiger partial charge on any atom is -0.493 e. The van der Waals surface area contributed by atoms with Gasteiger partial charge in [-0.25, -0.2) is 0 Å². The molecular formula is C11H11BrN2O4. The first-order chi connectivity index (χ1) is 8.71. The number of hydrogen-bond donors (Lipinski definition) is 0. The number of aromatic nitrogens is 2. The van der Waals surface area contributed by atoms with Gasteiger partial charge >= 0.3 is 0 Å². The summed E-state index contributed by atoms with van der Waals surface area (Å²) in [7, 11) is 4.63. The van der Waals surface area contributed by atoms with Crippen molar-refractivity contribution in [2.24, 2.45) is 0 Å². The molecule has 0 saturated heterocycles. The van der Waals surface area contributed by atoms with Crippen LogP contribution in [0.15, 0.2) is 21.4 Å². The molecule has 1 aromatic carbocycles. The van der Waals surface area contributed by atoms with Crippen LogP contribution in [0, 0.1) is 0 Å². The lowest BCUT2D eigenvalue weighted by atomic mass is 10.1. The number of nitrogens with zero attached hydrogens (tertiary/aromatic N) is 2. The minimum atomic E-state index is 0.333. The van der Waals surface area contributed by atoms with Crippen LogP contribution in [0.2, 0.25) is 0 Å². The van der Waals surface area contributed by atoms with Gasteiger partial charge in [-0.1, -0.05) is 0 Å². The summed E-state index contributed by atoms with van der Waals surface area (Å²) in [5, 5.41) is 3.67. The molecule has 7 heteroatoms. The molecule has 0 aliphatic carbocycles. The third-order valence-corrected chi connectivity index (χ3v) is 2.66. The topological polar surface area (TPSA) is 66.6 Å². The Balaban J connectivity index is 2.61. The van der Waals surface area contributed by atoms with Crippen LogP contribution in [0.25, 0.3) is 11.5 Å². The zero-order valence-corrected chi connectivity index (χ0v) is 11.6. The second-order valence-corrected chi connectivity index (χ2v) is 3.96. The van der Waals surface area contributed by atoms with Crippen molar-refractivity contribution in [1.82, 2.24) is 10.1 Å². The Bertz CT molecular complexity index is 556. The molecule has 1 heterocycles. The summed E-state index contributed by atoms with van der Waals surface area (Å²) in [5.41, 5.74) is 0.633. The fourth-order valence-electron chi connectivity index (χ4n) is 1.58. The SMILES string of the molecule is COc1ccc(-c2nc(Br)no2)c(OC)c1OC. The Kier molecular flexibility index (Phi) is 3.71. The zero-order valence-electron chi connectivity index (χ0n) is 10.1. The molecule has 0 amide bonds. The van der Waals surface area contributed by atoms with E-state index in [2.05, 4.69) is 26.1 Å². The predicted molar refractivity (Wildman–Crippen MR) is 67.1 cm³/mol. The summed E-state index contributed by atoms with van der Waals surface area (Å²) in [5.74, 6) is 1.86. The molecule has 96 valence electrons. The molecule has 2 aromatic rings. The average molecular weight is 315 g/mol. The summed E-state index contributed by atoms with van der Waals surface area (Å²) in [4.78, 5) is 4.08. The van der Waals surface area contributed by atoms with Crippen LogP contribution in [-0.2, 0) is 0 Å². The first kappa shape index (κ1) is 12.7. The van der Waals surface area contributed by atoms with E-state index in [1.807, 2.05) is 0 Å². The average Bonchev–Trinajstić information content (AvgIpc) is 2.83. The van der Waals surface area contributed by atoms with Crippen LogP contribution < -0.4 is 14.2 Å². The van der Waals surface area contributed by atoms with Crippen molar-refractivity contribution < 1.29 is 18.7 Å². The van der Waals surface area contributed by atoms with E-state index in [9.17, 15) is 0 Å². The van der Waals surface area contributed by atoms with Crippen molar-refractivity contribution in [3.05, 3.63) is 16.9 Å². The molecular weight excluding hydrogens is 304 g/mol. The summed E-state index contributed by atoms with van der Waals surface area (Å²) in [6.07, 6.45) is 0. The Morgan fingerprint density at radius 3 is 2.28 bits per heavy atom. The van der Waals surface area contributed by atoms with Crippen molar-refractivity contribution in [3.8, 4) is 28.7 Å². The molecule has 0 spiro atoms. The molecule has 0 bridgehead atoms. The van der Waals surface area contributed by atoms with Crippen molar-refractivity contribution >= 4 is 15.9 Å². The number of hydrogen-bond acceptors (Lipinski definition) is 6. The van der Waals surface area contributed by atoms with Gasteiger partial charge in [-0.15, -0.1) is 0 Å². The maximum absolute atomic E-state index is 5.33. The molecule has 0 aliphatic heterocycles. The van der Waals surface area contributed by atoms with Crippen molar-refractivity contribution in [1.29, 1.82) is 0 Å². The Morgan fingerprint density at radius 2 is 1.78 bits per heavy atom. The van der Waals surface area contributed by atoms with Gasteiger partial charge in [-0.3, -0.25) is 0 Å². The zero-order chi connectivity index (χ0) is 13.1. The molecule has 1 aromatic heterocycles. The summed E-state index contributed by atoms with van der Waals surface area (Å²) in [6, 6.07) is 3.51. The molecule has 18 heavy (non-hydrogen) atoms. The van der Waals surface area contributed by atoms with E-state index >= 15 is 0 Å². The van der Waals surface area contributed by atoms with Gasteiger partial charge in [-0.2, -0.15) is 4.98 Å². The molecule has 0 N–H and O–H groups in total. The standard InChI is InChI=1S/C11H11BrN2O4/c1-15-7-5-4-6(8(16-2)9(7)17-3)10-13-11(12)14-18-10/h4-5H,1-3H3. The first-order valence-electron chi connectivity index (χ1n) is 4.99. The molecule has 2 rings (SSSR count). The number of rotatable bonds is 4. The van der Waals surface area contributed by atoms with Crippen molar-refractivity contribution in [2.45, 2.75) is 0 Å². The fraction of sp³-hybridized carbons (Fsp3) is 0.273. The highest BCUT2D eigenvalue weighted by Crippen LogP contribution is 2.43. The van der Waals surface area contributed by atoms with E-state index < -0.39 is 0 Å². The molecule has 0 unspecified atom stereocenters. The van der Waals surface area contributed by atoms with Crippen LogP contribution in [0.5, 0.6) is 17.2 Å². The van der Waals surface area contributed by atoms with Gasteiger partial charge in [0, 0.05) is 0 Å². The Labute approximate surface area is 112 Å². The molecule has 6 nitrogen and oxygen atoms in total. The van der Waals surface area contributed by atoms with Crippen LogP contribution >= 0.6 is 15.9 Å². The molecule has 0 aliphatic rings. The van der Waals surface area contributed by atoms with E-state index in [-0.39, 0.29) is 0 Å². The molecule has 0 fully saturated rings. The quantitative estimate of drug-likeness (QED) is 0.864. The smallest absolute Gasteiger partial charge is 0.262 e. The fourth-order valence-corrected chi connectivity index (χ4v) is 1.82. The van der Waals surface area contributed by atoms with Gasteiger partial charge in [0.2, 0.25) is 10.5 Å². The summed E-state index contributed by atoms with van der Waals surface area (Å²) < 4.78 is 21.2. The maximum Gasteiger partial charge on any atom is 0.262 e. The molecule has 0 radical (unpaired) electrons.